The van der Waals surface area contributed by atoms with Crippen molar-refractivity contribution < 1.29 is 96.8 Å². The number of carbonyl (C=O) groups excluding carboxylic acids is 16. The maximum absolute atomic E-state index is 15.3. The number of aliphatic carboxylic acids is 1. The summed E-state index contributed by atoms with van der Waals surface area (Å²) in [4.78, 5) is 248. The fourth-order valence-corrected chi connectivity index (χ4v) is 16.0. The predicted octanol–water partition coefficient (Wildman–Crippen LogP) is 0.413. The van der Waals surface area contributed by atoms with Crippen LogP contribution in [0, 0.1) is 5.92 Å². The first-order chi connectivity index (χ1) is 60.8. The monoisotopic (exact) mass is 1790 g/mol. The van der Waals surface area contributed by atoms with Gasteiger partial charge in [0, 0.05) is 58.6 Å². The van der Waals surface area contributed by atoms with Gasteiger partial charge in [0.2, 0.25) is 94.5 Å². The minimum atomic E-state index is -1.93. The maximum atomic E-state index is 15.3. The van der Waals surface area contributed by atoms with E-state index in [0.717, 1.165) is 55.6 Å². The molecular formula is C91H120N16O20S. The molecule has 3 aliphatic heterocycles. The summed E-state index contributed by atoms with van der Waals surface area (Å²) in [6, 6.07) is 20.0. The molecule has 5 aromatic rings. The Morgan fingerprint density at radius 3 is 1.38 bits per heavy atom. The van der Waals surface area contributed by atoms with E-state index < -0.39 is 234 Å². The number of thioether (sulfide) groups is 1. The molecule has 3 saturated heterocycles. The van der Waals surface area contributed by atoms with E-state index in [-0.39, 0.29) is 64.5 Å². The van der Waals surface area contributed by atoms with Crippen molar-refractivity contribution in [1.29, 1.82) is 0 Å². The van der Waals surface area contributed by atoms with Crippen LogP contribution < -0.4 is 64.2 Å². The van der Waals surface area contributed by atoms with Crippen molar-refractivity contribution in [2.75, 3.05) is 45.2 Å². The number of fused-ring (bicyclic) bond motifs is 2. The second-order valence-corrected chi connectivity index (χ2v) is 34.0. The lowest BCUT2D eigenvalue weighted by atomic mass is 9.99. The molecule has 3 fully saturated rings. The summed E-state index contributed by atoms with van der Waals surface area (Å²) in [7, 11) is 2.51. The number of likely N-dealkylation sites (N-methyl/N-ethyl adjacent to an activating group) is 2. The molecule has 690 valence electrons. The van der Waals surface area contributed by atoms with E-state index in [1.54, 1.807) is 92.7 Å². The van der Waals surface area contributed by atoms with E-state index in [2.05, 4.69) is 58.5 Å². The average Bonchev–Trinajstić information content (AvgIpc) is 1.62. The number of carboxylic acids is 1. The number of amides is 16. The Balaban J connectivity index is 1.14. The van der Waals surface area contributed by atoms with Gasteiger partial charge in [0.1, 0.15) is 84.6 Å². The highest BCUT2D eigenvalue weighted by molar-refractivity contribution is 8.00. The van der Waals surface area contributed by atoms with Gasteiger partial charge in [-0.15, -0.1) is 11.8 Å². The third-order valence-electron chi connectivity index (χ3n) is 22.9. The minimum absolute atomic E-state index is 0.0195. The highest BCUT2D eigenvalue weighted by Crippen LogP contribution is 2.26. The van der Waals surface area contributed by atoms with Crippen LogP contribution in [0.3, 0.4) is 0 Å². The first-order valence-electron chi connectivity index (χ1n) is 43.1. The molecular weight excluding hydrogens is 1670 g/mol. The smallest absolute Gasteiger partial charge is 0.303 e. The molecule has 36 nitrogen and oxygen atoms in total. The fourth-order valence-electron chi connectivity index (χ4n) is 15.1. The number of carbonyl (C=O) groups is 17. The van der Waals surface area contributed by atoms with E-state index in [4.69, 9.17) is 5.73 Å². The van der Waals surface area contributed by atoms with Crippen molar-refractivity contribution in [3.05, 3.63) is 156 Å². The number of carboxylic acid groups (broad SMARTS) is 1. The lowest BCUT2D eigenvalue weighted by Gasteiger charge is -2.33. The zero-order valence-corrected chi connectivity index (χ0v) is 74.5. The van der Waals surface area contributed by atoms with Crippen molar-refractivity contribution >= 4 is 112 Å². The number of hydrogen-bond acceptors (Lipinski definition) is 20. The Morgan fingerprint density at radius 1 is 0.484 bits per heavy atom. The van der Waals surface area contributed by atoms with Crippen LogP contribution in [0.25, 0.3) is 22.3 Å². The van der Waals surface area contributed by atoms with Crippen LogP contribution in [-0.4, -0.2) is 277 Å². The van der Waals surface area contributed by atoms with Crippen LogP contribution in [0.4, 0.5) is 0 Å². The minimum Gasteiger partial charge on any atom is -0.481 e. The van der Waals surface area contributed by atoms with Crippen LogP contribution in [0.5, 0.6) is 0 Å². The van der Waals surface area contributed by atoms with Crippen molar-refractivity contribution in [2.24, 2.45) is 11.7 Å². The standard InChI is InChI=1S/C91H120N16O20S/c1-11-12-30-64(78(92)114)95-72(110)48-93-81(117)69-49-128-50-73(111)96-66(45-57-24-16-13-17-25-57)83(119)101-75(51(2)3)91(127)107-44-23-32-71(107)85(121)102-77(56(8)109)87(123)103-76(55(7)108)86(122)99-68(47-59-35-39-63(40-36-59)61-28-20-15-21-29-61)90(126)105(10)54(6)80(116)98-67(46-58-33-37-62(38-34-58)60-26-18-14-19-27-60)89(125)104(9)53(5)79(115)97-65(41-42-74(112)113)82(118)94-52(4)88(124)106-43-22-31-70(106)84(120)100-69/h13-21,24-29,33-40,51-56,64-71,75-77,108-109H,11-12,22-23,30-32,41-50H2,1-10H3,(H2,92,114)(H,93,117)(H,94,118)(H,95,110)(H,96,111)(H,97,115)(H,98,116)(H,99,122)(H,100,120)(H,101,119)(H,102,121)(H,103,123)(H,112,113)/t52-,53-,54-,55+,56+,64-,65-,66-,67-,68-,69-,70-,71-,75-,76-,77-/m0/s1. The van der Waals surface area contributed by atoms with Gasteiger partial charge in [-0.25, -0.2) is 0 Å². The molecule has 0 saturated carbocycles. The third-order valence-corrected chi connectivity index (χ3v) is 24.0. The zero-order valence-electron chi connectivity index (χ0n) is 73.7. The van der Waals surface area contributed by atoms with Crippen LogP contribution in [0.15, 0.2) is 140 Å². The van der Waals surface area contributed by atoms with Gasteiger partial charge in [-0.1, -0.05) is 173 Å². The Hall–Kier alpha value is -12.6. The topological polar surface area (TPSA) is 522 Å². The van der Waals surface area contributed by atoms with Crippen molar-refractivity contribution in [1.82, 2.24) is 78.1 Å². The number of nitrogens with one attached hydrogen (secondary N) is 11. The maximum Gasteiger partial charge on any atom is 0.303 e. The number of benzene rings is 5. The summed E-state index contributed by atoms with van der Waals surface area (Å²) < 4.78 is 0. The molecule has 8 rings (SSSR count). The molecule has 0 unspecified atom stereocenters. The summed E-state index contributed by atoms with van der Waals surface area (Å²) in [6.45, 7) is 10.6. The SMILES string of the molecule is CCCC[C@H](NC(=O)CNC(=O)[C@@H]1CSCC(=O)N[C@@H](Cc2ccccc2)C(=O)N[C@@H](C(C)C)C(=O)N2CCC[C@H]2C(=O)N[C@@H]([C@@H](C)O)C(=O)N[C@@H]([C@@H](C)O)C(=O)N[C@@H](Cc2ccc(-c3ccccc3)cc2)C(=O)N(C)[C@@H](C)C(=O)N[C@@H](Cc2ccc(-c3ccccc3)cc2)C(=O)N(C)[C@@H](C)C(=O)N[C@@H](CCC(=O)O)C(=O)N[C@@H](C)C(=O)N2CCC[C@H]2C(=O)N1)C(N)=O. The van der Waals surface area contributed by atoms with E-state index in [1.165, 1.54) is 46.7 Å². The Morgan fingerprint density at radius 2 is 0.906 bits per heavy atom. The van der Waals surface area contributed by atoms with Crippen molar-refractivity contribution in [2.45, 2.75) is 229 Å². The quantitative estimate of drug-likeness (QED) is 0.0446. The molecule has 0 aromatic heterocycles. The fraction of sp³-hybridized carbons (Fsp3) is 0.484. The number of unbranched alkanes of at least 4 members (excludes halogenated alkanes) is 1. The summed E-state index contributed by atoms with van der Waals surface area (Å²) in [5, 5.41) is 61.0. The van der Waals surface area contributed by atoms with E-state index in [9.17, 15) is 87.2 Å². The van der Waals surface area contributed by atoms with E-state index in [1.807, 2.05) is 67.6 Å². The first kappa shape index (κ1) is 101. The summed E-state index contributed by atoms with van der Waals surface area (Å²) in [5.74, 6) is -17.6. The Kier molecular flexibility index (Phi) is 38.1. The molecule has 16 N–H and O–H groups in total. The molecule has 0 aliphatic carbocycles. The summed E-state index contributed by atoms with van der Waals surface area (Å²) in [5.41, 5.74) is 10.4. The molecule has 5 aromatic carbocycles. The number of hydrogen-bond donors (Lipinski definition) is 15. The van der Waals surface area contributed by atoms with Gasteiger partial charge in [0.05, 0.1) is 24.5 Å². The molecule has 16 amide bonds. The molecule has 37 heteroatoms. The van der Waals surface area contributed by atoms with Gasteiger partial charge in [0.15, 0.2) is 0 Å². The second kappa shape index (κ2) is 48.3. The van der Waals surface area contributed by atoms with Gasteiger partial charge in [-0.2, -0.15) is 0 Å². The largest absolute Gasteiger partial charge is 0.481 e. The van der Waals surface area contributed by atoms with Crippen LogP contribution >= 0.6 is 11.8 Å². The van der Waals surface area contributed by atoms with Gasteiger partial charge >= 0.3 is 5.97 Å². The molecule has 0 spiro atoms. The number of nitrogens with two attached hydrogens (primary N) is 1. The zero-order chi connectivity index (χ0) is 93.8. The van der Waals surface area contributed by atoms with Crippen molar-refractivity contribution in [3.8, 4) is 22.3 Å². The molecule has 16 atom stereocenters. The third kappa shape index (κ3) is 28.7. The predicted molar refractivity (Wildman–Crippen MR) is 474 cm³/mol. The molecule has 128 heavy (non-hydrogen) atoms. The van der Waals surface area contributed by atoms with Crippen LogP contribution in [0.1, 0.15) is 130 Å². The lowest BCUT2D eigenvalue weighted by molar-refractivity contribution is -0.145. The summed E-state index contributed by atoms with van der Waals surface area (Å²) in [6.07, 6.45) is -3.45. The van der Waals surface area contributed by atoms with E-state index >= 15 is 9.59 Å². The number of aliphatic hydroxyl groups excluding tert-OH is 2. The molecule has 3 heterocycles. The van der Waals surface area contributed by atoms with Gasteiger partial charge in [-0.3, -0.25) is 81.5 Å². The normalized spacial score (nSPS) is 24.6. The number of aliphatic hydroxyl groups is 2. The van der Waals surface area contributed by atoms with Crippen LogP contribution in [0.2, 0.25) is 0 Å². The first-order valence-corrected chi connectivity index (χ1v) is 44.2. The Bertz CT molecular complexity index is 4740. The number of nitrogens with zero attached hydrogens (tertiary/aromatic N) is 4. The number of rotatable bonds is 22. The molecule has 3 aliphatic rings. The summed E-state index contributed by atoms with van der Waals surface area (Å²) >= 11 is 0.809. The second-order valence-electron chi connectivity index (χ2n) is 33.0. The van der Waals surface area contributed by atoms with Crippen molar-refractivity contribution in [3.63, 3.8) is 0 Å². The average molecular weight is 1790 g/mol. The molecule has 0 radical (unpaired) electrons. The highest BCUT2D eigenvalue weighted by atomic mass is 32.2. The highest BCUT2D eigenvalue weighted by Gasteiger charge is 2.45. The molecule has 0 bridgehead atoms. The van der Waals surface area contributed by atoms with Gasteiger partial charge in [0.25, 0.3) is 0 Å². The Labute approximate surface area is 748 Å². The van der Waals surface area contributed by atoms with E-state index in [0.29, 0.717) is 29.5 Å². The van der Waals surface area contributed by atoms with Gasteiger partial charge in [-0.05, 0) is 118 Å². The van der Waals surface area contributed by atoms with Gasteiger partial charge < -0.3 is 99.1 Å². The van der Waals surface area contributed by atoms with Crippen LogP contribution in [-0.2, 0) is 101 Å². The lowest BCUT2D eigenvalue weighted by Crippen LogP contribution is -2.63. The number of primary amides is 1.